The van der Waals surface area contributed by atoms with Crippen molar-refractivity contribution in [1.29, 1.82) is 0 Å². The summed E-state index contributed by atoms with van der Waals surface area (Å²) in [5.41, 5.74) is 6.08. The highest BCUT2D eigenvalue weighted by molar-refractivity contribution is 7.10. The average molecular weight is 212 g/mol. The van der Waals surface area contributed by atoms with Gasteiger partial charge in [-0.2, -0.15) is 0 Å². The quantitative estimate of drug-likeness (QED) is 0.656. The zero-order chi connectivity index (χ0) is 10.1. The highest BCUT2D eigenvalue weighted by Gasteiger charge is 2.27. The van der Waals surface area contributed by atoms with Crippen molar-refractivity contribution < 1.29 is 9.90 Å². The second kappa shape index (κ2) is 3.59. The summed E-state index contributed by atoms with van der Waals surface area (Å²) in [5.74, 6) is 0. The molecule has 1 aromatic heterocycles. The van der Waals surface area contributed by atoms with Crippen molar-refractivity contribution in [1.82, 2.24) is 5.32 Å². The maximum atomic E-state index is 10.7. The van der Waals surface area contributed by atoms with Gasteiger partial charge in [-0.05, 0) is 29.9 Å². The Bertz CT molecular complexity index is 350. The summed E-state index contributed by atoms with van der Waals surface area (Å²) < 4.78 is 0. The Labute approximate surface area is 85.7 Å². The average Bonchev–Trinajstić information content (AvgIpc) is 2.58. The van der Waals surface area contributed by atoms with Crippen LogP contribution < -0.4 is 11.1 Å². The molecule has 0 radical (unpaired) electrons. The van der Waals surface area contributed by atoms with Crippen LogP contribution in [-0.2, 0) is 0 Å². The fraction of sp³-hybridized carbons (Fsp3) is 0.444. The molecule has 2 amide bonds. The summed E-state index contributed by atoms with van der Waals surface area (Å²) in [6.45, 7) is 0. The third kappa shape index (κ3) is 1.60. The number of carbonyl (C=O) groups is 1. The summed E-state index contributed by atoms with van der Waals surface area (Å²) in [7, 11) is 0. The smallest absolute Gasteiger partial charge is 0.312 e. The molecule has 0 saturated carbocycles. The second-order valence-electron chi connectivity index (χ2n) is 3.39. The van der Waals surface area contributed by atoms with Crippen molar-refractivity contribution in [3.8, 4) is 0 Å². The first-order valence-corrected chi connectivity index (χ1v) is 5.38. The molecule has 76 valence electrons. The van der Waals surface area contributed by atoms with Crippen LogP contribution in [0.5, 0.6) is 0 Å². The lowest BCUT2D eigenvalue weighted by atomic mass is 9.92. The Morgan fingerprint density at radius 2 is 2.43 bits per heavy atom. The summed E-state index contributed by atoms with van der Waals surface area (Å²) >= 11 is 1.52. The van der Waals surface area contributed by atoms with Gasteiger partial charge in [0.05, 0.1) is 12.1 Å². The van der Waals surface area contributed by atoms with Crippen molar-refractivity contribution in [2.24, 2.45) is 5.73 Å². The number of rotatable bonds is 1. The lowest BCUT2D eigenvalue weighted by Gasteiger charge is -2.26. The minimum Gasteiger partial charge on any atom is -0.388 e. The number of hydrogen-bond acceptors (Lipinski definition) is 3. The van der Waals surface area contributed by atoms with Crippen LogP contribution >= 0.6 is 11.3 Å². The molecule has 0 aliphatic heterocycles. The summed E-state index contributed by atoms with van der Waals surface area (Å²) in [6.07, 6.45) is 1.04. The standard InChI is InChI=1S/C9H12N2O2S/c10-9(13)11-6-1-2-7(12)8-5(6)3-4-14-8/h3-4,6-7,12H,1-2H2,(H3,10,11,13). The largest absolute Gasteiger partial charge is 0.388 e. The van der Waals surface area contributed by atoms with Crippen LogP contribution in [0.1, 0.15) is 35.4 Å². The SMILES string of the molecule is NC(=O)NC1CCC(O)c2sccc21. The number of carbonyl (C=O) groups excluding carboxylic acids is 1. The number of aliphatic hydroxyl groups excluding tert-OH is 1. The molecule has 0 fully saturated rings. The number of hydrogen-bond donors (Lipinski definition) is 3. The van der Waals surface area contributed by atoms with Gasteiger partial charge in [0, 0.05) is 4.88 Å². The third-order valence-electron chi connectivity index (χ3n) is 2.45. The van der Waals surface area contributed by atoms with Gasteiger partial charge in [-0.1, -0.05) is 0 Å². The van der Waals surface area contributed by atoms with E-state index in [-0.39, 0.29) is 12.1 Å². The van der Waals surface area contributed by atoms with Crippen LogP contribution in [0, 0.1) is 0 Å². The number of aliphatic hydroxyl groups is 1. The number of primary amides is 1. The Hall–Kier alpha value is -1.07. The predicted molar refractivity (Wildman–Crippen MR) is 54.0 cm³/mol. The Kier molecular flexibility index (Phi) is 2.43. The van der Waals surface area contributed by atoms with Crippen LogP contribution in [0.3, 0.4) is 0 Å². The van der Waals surface area contributed by atoms with E-state index in [4.69, 9.17) is 5.73 Å². The van der Waals surface area contributed by atoms with E-state index in [2.05, 4.69) is 5.32 Å². The van der Waals surface area contributed by atoms with Gasteiger partial charge >= 0.3 is 6.03 Å². The molecule has 1 aromatic rings. The van der Waals surface area contributed by atoms with Crippen molar-refractivity contribution in [3.63, 3.8) is 0 Å². The Morgan fingerprint density at radius 3 is 3.14 bits per heavy atom. The number of fused-ring (bicyclic) bond motifs is 1. The molecule has 0 bridgehead atoms. The molecule has 2 unspecified atom stereocenters. The second-order valence-corrected chi connectivity index (χ2v) is 4.34. The van der Waals surface area contributed by atoms with Crippen LogP contribution in [0.15, 0.2) is 11.4 Å². The van der Waals surface area contributed by atoms with Gasteiger partial charge in [0.1, 0.15) is 0 Å². The molecule has 1 aliphatic carbocycles. The van der Waals surface area contributed by atoms with Gasteiger partial charge in [-0.15, -0.1) is 11.3 Å². The number of nitrogens with one attached hydrogen (secondary N) is 1. The van der Waals surface area contributed by atoms with E-state index in [9.17, 15) is 9.90 Å². The lowest BCUT2D eigenvalue weighted by Crippen LogP contribution is -2.35. The van der Waals surface area contributed by atoms with E-state index in [0.29, 0.717) is 6.42 Å². The fourth-order valence-electron chi connectivity index (χ4n) is 1.82. The summed E-state index contributed by atoms with van der Waals surface area (Å²) in [5, 5.41) is 14.3. The van der Waals surface area contributed by atoms with Crippen molar-refractivity contribution in [3.05, 3.63) is 21.9 Å². The molecule has 0 aromatic carbocycles. The van der Waals surface area contributed by atoms with Crippen LogP contribution in [-0.4, -0.2) is 11.1 Å². The van der Waals surface area contributed by atoms with Gasteiger partial charge in [-0.3, -0.25) is 0 Å². The Balaban J connectivity index is 2.24. The van der Waals surface area contributed by atoms with Crippen LogP contribution in [0.4, 0.5) is 4.79 Å². The molecule has 1 aliphatic rings. The molecule has 0 spiro atoms. The first-order valence-electron chi connectivity index (χ1n) is 4.50. The van der Waals surface area contributed by atoms with E-state index in [1.54, 1.807) is 0 Å². The normalized spacial score (nSPS) is 25.5. The molecule has 0 saturated heterocycles. The van der Waals surface area contributed by atoms with Crippen molar-refractivity contribution in [2.75, 3.05) is 0 Å². The van der Waals surface area contributed by atoms with Gasteiger partial charge in [-0.25, -0.2) is 4.79 Å². The minimum atomic E-state index is -0.511. The van der Waals surface area contributed by atoms with Gasteiger partial charge in [0.2, 0.25) is 0 Å². The first kappa shape index (κ1) is 9.48. The molecule has 2 rings (SSSR count). The first-order chi connectivity index (χ1) is 6.68. The van der Waals surface area contributed by atoms with E-state index in [1.165, 1.54) is 11.3 Å². The summed E-state index contributed by atoms with van der Waals surface area (Å²) in [4.78, 5) is 11.7. The fourth-order valence-corrected chi connectivity index (χ4v) is 2.80. The zero-order valence-electron chi connectivity index (χ0n) is 7.56. The van der Waals surface area contributed by atoms with E-state index in [0.717, 1.165) is 16.9 Å². The maximum absolute atomic E-state index is 10.7. The molecule has 5 heteroatoms. The highest BCUT2D eigenvalue weighted by atomic mass is 32.1. The topological polar surface area (TPSA) is 75.4 Å². The molecule has 14 heavy (non-hydrogen) atoms. The third-order valence-corrected chi connectivity index (χ3v) is 3.48. The molecule has 4 nitrogen and oxygen atoms in total. The number of thiophene rings is 1. The van der Waals surface area contributed by atoms with Crippen LogP contribution in [0.2, 0.25) is 0 Å². The summed E-state index contributed by atoms with van der Waals surface area (Å²) in [6, 6.07) is 1.39. The van der Waals surface area contributed by atoms with E-state index in [1.807, 2.05) is 11.4 Å². The van der Waals surface area contributed by atoms with Gasteiger partial charge in [0.25, 0.3) is 0 Å². The molecular weight excluding hydrogens is 200 g/mol. The van der Waals surface area contributed by atoms with Gasteiger partial charge < -0.3 is 16.2 Å². The monoisotopic (exact) mass is 212 g/mol. The van der Waals surface area contributed by atoms with Crippen molar-refractivity contribution >= 4 is 17.4 Å². The number of nitrogens with two attached hydrogens (primary N) is 1. The molecular formula is C9H12N2O2S. The maximum Gasteiger partial charge on any atom is 0.312 e. The lowest BCUT2D eigenvalue weighted by molar-refractivity contribution is 0.151. The number of amides is 2. The van der Waals surface area contributed by atoms with Crippen LogP contribution in [0.25, 0.3) is 0 Å². The molecule has 2 atom stereocenters. The van der Waals surface area contributed by atoms with E-state index >= 15 is 0 Å². The molecule has 1 heterocycles. The minimum absolute atomic E-state index is 0.0304. The highest BCUT2D eigenvalue weighted by Crippen LogP contribution is 2.39. The Morgan fingerprint density at radius 1 is 1.64 bits per heavy atom. The van der Waals surface area contributed by atoms with Crippen molar-refractivity contribution in [2.45, 2.75) is 25.0 Å². The number of urea groups is 1. The van der Waals surface area contributed by atoms with Gasteiger partial charge in [0.15, 0.2) is 0 Å². The predicted octanol–water partition coefficient (Wildman–Crippen LogP) is 1.28. The van der Waals surface area contributed by atoms with E-state index < -0.39 is 6.03 Å². The molecule has 4 N–H and O–H groups in total. The zero-order valence-corrected chi connectivity index (χ0v) is 8.38.